The van der Waals surface area contributed by atoms with Gasteiger partial charge in [0.2, 0.25) is 0 Å². The molecule has 0 unspecified atom stereocenters. The minimum atomic E-state index is 0.892. The van der Waals surface area contributed by atoms with E-state index in [2.05, 4.69) is 51.8 Å². The summed E-state index contributed by atoms with van der Waals surface area (Å²) < 4.78 is 1.96. The third-order valence-electron chi connectivity index (χ3n) is 3.31. The van der Waals surface area contributed by atoms with Crippen LogP contribution >= 0.6 is 31.9 Å². The lowest BCUT2D eigenvalue weighted by Crippen LogP contribution is -1.84. The molecule has 6 heteroatoms. The highest BCUT2D eigenvalue weighted by Gasteiger charge is 1.98. The smallest absolute Gasteiger partial charge is 0.0886 e. The molecule has 0 N–H and O–H groups in total. The van der Waals surface area contributed by atoms with Gasteiger partial charge in [0, 0.05) is 33.7 Å². The van der Waals surface area contributed by atoms with E-state index in [1.54, 1.807) is 24.8 Å². The first-order valence-corrected chi connectivity index (χ1v) is 9.37. The highest BCUT2D eigenvalue weighted by molar-refractivity contribution is 9.10. The van der Waals surface area contributed by atoms with Gasteiger partial charge < -0.3 is 0 Å². The zero-order chi connectivity index (χ0) is 18.2. The molecule has 0 aliphatic heterocycles. The van der Waals surface area contributed by atoms with Crippen molar-refractivity contribution in [2.75, 3.05) is 0 Å². The lowest BCUT2D eigenvalue weighted by atomic mass is 10.2. The van der Waals surface area contributed by atoms with Gasteiger partial charge >= 0.3 is 0 Å². The van der Waals surface area contributed by atoms with Crippen molar-refractivity contribution in [2.24, 2.45) is 0 Å². The van der Waals surface area contributed by atoms with E-state index in [0.29, 0.717) is 0 Å². The molecule has 0 atom stereocenters. The van der Waals surface area contributed by atoms with E-state index < -0.39 is 0 Å². The van der Waals surface area contributed by atoms with Crippen LogP contribution in [0.2, 0.25) is 0 Å². The molecule has 0 spiro atoms. The number of halogens is 2. The van der Waals surface area contributed by atoms with Crippen molar-refractivity contribution >= 4 is 31.9 Å². The molecule has 128 valence electrons. The van der Waals surface area contributed by atoms with Crippen LogP contribution in [0.3, 0.4) is 0 Å². The molecule has 0 amide bonds. The number of pyridine rings is 4. The Morgan fingerprint density at radius 3 is 1.19 bits per heavy atom. The van der Waals surface area contributed by atoms with Gasteiger partial charge in [0.15, 0.2) is 0 Å². The van der Waals surface area contributed by atoms with Crippen LogP contribution in [-0.4, -0.2) is 19.9 Å². The lowest BCUT2D eigenvalue weighted by Gasteiger charge is -1.97. The Kier molecular flexibility index (Phi) is 6.57. The molecule has 0 bridgehead atoms. The molecule has 0 aliphatic carbocycles. The van der Waals surface area contributed by atoms with Gasteiger partial charge in [0.05, 0.1) is 22.8 Å². The largest absolute Gasteiger partial charge is 0.255 e. The average molecular weight is 470 g/mol. The SMILES string of the molecule is Brc1ccc(-c2ccccn2)nc1.Brc1ccc(-c2ccccn2)nc1. The fourth-order valence-electron chi connectivity index (χ4n) is 2.08. The molecular formula is C20H14Br2N4. The Morgan fingerprint density at radius 1 is 0.462 bits per heavy atom. The van der Waals surface area contributed by atoms with Crippen LogP contribution in [0.15, 0.2) is 94.4 Å². The van der Waals surface area contributed by atoms with E-state index in [1.807, 2.05) is 60.7 Å². The molecule has 4 aromatic heterocycles. The quantitative estimate of drug-likeness (QED) is 0.371. The van der Waals surface area contributed by atoms with Crippen LogP contribution in [0.4, 0.5) is 0 Å². The van der Waals surface area contributed by atoms with Crippen LogP contribution in [0.1, 0.15) is 0 Å². The maximum absolute atomic E-state index is 4.24. The van der Waals surface area contributed by atoms with E-state index in [1.165, 1.54) is 0 Å². The van der Waals surface area contributed by atoms with Gasteiger partial charge in [-0.15, -0.1) is 0 Å². The molecule has 0 saturated heterocycles. The van der Waals surface area contributed by atoms with Crippen LogP contribution < -0.4 is 0 Å². The average Bonchev–Trinajstić information content (AvgIpc) is 2.71. The fraction of sp³-hybridized carbons (Fsp3) is 0. The van der Waals surface area contributed by atoms with Crippen LogP contribution in [0, 0.1) is 0 Å². The third-order valence-corrected chi connectivity index (χ3v) is 4.25. The maximum Gasteiger partial charge on any atom is 0.0886 e. The minimum absolute atomic E-state index is 0.892. The molecule has 0 saturated carbocycles. The summed E-state index contributed by atoms with van der Waals surface area (Å²) in [4.78, 5) is 16.9. The van der Waals surface area contributed by atoms with Crippen molar-refractivity contribution in [3.63, 3.8) is 0 Å². The first kappa shape index (κ1) is 18.4. The molecule has 4 heterocycles. The predicted molar refractivity (Wildman–Crippen MR) is 110 cm³/mol. The van der Waals surface area contributed by atoms with Crippen molar-refractivity contribution in [1.82, 2.24) is 19.9 Å². The van der Waals surface area contributed by atoms with Gasteiger partial charge in [-0.25, -0.2) is 0 Å². The van der Waals surface area contributed by atoms with Gasteiger partial charge in [-0.1, -0.05) is 12.1 Å². The molecule has 0 aliphatic rings. The highest BCUT2D eigenvalue weighted by Crippen LogP contribution is 2.16. The minimum Gasteiger partial charge on any atom is -0.255 e. The number of nitrogens with zero attached hydrogens (tertiary/aromatic N) is 4. The van der Waals surface area contributed by atoms with Gasteiger partial charge in [-0.3, -0.25) is 19.9 Å². The molecule has 26 heavy (non-hydrogen) atoms. The number of rotatable bonds is 2. The van der Waals surface area contributed by atoms with Gasteiger partial charge in [0.1, 0.15) is 0 Å². The highest BCUT2D eigenvalue weighted by atomic mass is 79.9. The second kappa shape index (κ2) is 9.31. The first-order chi connectivity index (χ1) is 12.7. The van der Waals surface area contributed by atoms with E-state index >= 15 is 0 Å². The fourth-order valence-corrected chi connectivity index (χ4v) is 2.55. The summed E-state index contributed by atoms with van der Waals surface area (Å²) in [6.07, 6.45) is 7.06. The van der Waals surface area contributed by atoms with Crippen molar-refractivity contribution < 1.29 is 0 Å². The van der Waals surface area contributed by atoms with E-state index in [4.69, 9.17) is 0 Å². The zero-order valence-electron chi connectivity index (χ0n) is 13.6. The first-order valence-electron chi connectivity index (χ1n) is 7.78. The number of hydrogen-bond acceptors (Lipinski definition) is 4. The predicted octanol–water partition coefficient (Wildman–Crippen LogP) is 5.81. The topological polar surface area (TPSA) is 51.6 Å². The zero-order valence-corrected chi connectivity index (χ0v) is 16.8. The lowest BCUT2D eigenvalue weighted by molar-refractivity contribution is 1.24. The normalized spacial score (nSPS) is 9.92. The molecule has 0 fully saturated rings. The van der Waals surface area contributed by atoms with Crippen molar-refractivity contribution in [3.8, 4) is 22.8 Å². The summed E-state index contributed by atoms with van der Waals surface area (Å²) in [5, 5.41) is 0. The van der Waals surface area contributed by atoms with Crippen molar-refractivity contribution in [2.45, 2.75) is 0 Å². The Bertz CT molecular complexity index is 848. The van der Waals surface area contributed by atoms with Gasteiger partial charge in [-0.2, -0.15) is 0 Å². The Labute approximate surface area is 168 Å². The summed E-state index contributed by atoms with van der Waals surface area (Å²) in [6, 6.07) is 19.3. The van der Waals surface area contributed by atoms with Crippen LogP contribution in [-0.2, 0) is 0 Å². The Hall–Kier alpha value is -2.44. The summed E-state index contributed by atoms with van der Waals surface area (Å²) in [7, 11) is 0. The second-order valence-electron chi connectivity index (χ2n) is 5.15. The van der Waals surface area contributed by atoms with Crippen molar-refractivity contribution in [3.05, 3.63) is 94.4 Å². The van der Waals surface area contributed by atoms with Gasteiger partial charge in [-0.05, 0) is 80.4 Å². The number of hydrogen-bond donors (Lipinski definition) is 0. The Morgan fingerprint density at radius 2 is 0.885 bits per heavy atom. The molecule has 0 radical (unpaired) electrons. The Balaban J connectivity index is 0.000000151. The molecular weight excluding hydrogens is 456 g/mol. The van der Waals surface area contributed by atoms with E-state index in [9.17, 15) is 0 Å². The van der Waals surface area contributed by atoms with Crippen molar-refractivity contribution in [1.29, 1.82) is 0 Å². The molecule has 4 nitrogen and oxygen atoms in total. The molecule has 4 rings (SSSR count). The summed E-state index contributed by atoms with van der Waals surface area (Å²) in [5.41, 5.74) is 3.58. The molecule has 4 aromatic rings. The summed E-state index contributed by atoms with van der Waals surface area (Å²) >= 11 is 6.67. The monoisotopic (exact) mass is 468 g/mol. The third kappa shape index (κ3) is 5.28. The standard InChI is InChI=1S/2C10H7BrN2/c2*11-8-4-5-10(13-7-8)9-3-1-2-6-12-9/h2*1-7H. The van der Waals surface area contributed by atoms with E-state index in [-0.39, 0.29) is 0 Å². The summed E-state index contributed by atoms with van der Waals surface area (Å²) in [6.45, 7) is 0. The van der Waals surface area contributed by atoms with Crippen LogP contribution in [0.5, 0.6) is 0 Å². The molecule has 0 aromatic carbocycles. The van der Waals surface area contributed by atoms with E-state index in [0.717, 1.165) is 31.7 Å². The maximum atomic E-state index is 4.24. The summed E-state index contributed by atoms with van der Waals surface area (Å²) in [5.74, 6) is 0. The number of aromatic nitrogens is 4. The van der Waals surface area contributed by atoms with Gasteiger partial charge in [0.25, 0.3) is 0 Å². The van der Waals surface area contributed by atoms with Crippen LogP contribution in [0.25, 0.3) is 22.8 Å². The second-order valence-corrected chi connectivity index (χ2v) is 6.98.